The van der Waals surface area contributed by atoms with Crippen molar-refractivity contribution < 1.29 is 4.74 Å². The van der Waals surface area contributed by atoms with Crippen molar-refractivity contribution >= 4 is 0 Å². The third-order valence-electron chi connectivity index (χ3n) is 16.0. The van der Waals surface area contributed by atoms with Crippen LogP contribution in [0.3, 0.4) is 0 Å². The highest BCUT2D eigenvalue weighted by atomic mass is 16.5. The van der Waals surface area contributed by atoms with E-state index in [0.717, 1.165) is 50.0 Å². The molecule has 0 atom stereocenters. The zero-order valence-electron chi connectivity index (χ0n) is 50.9. The molecule has 0 unspecified atom stereocenters. The van der Waals surface area contributed by atoms with Crippen molar-refractivity contribution in [3.63, 3.8) is 0 Å². The number of imidazole rings is 1. The molecule has 0 saturated carbocycles. The van der Waals surface area contributed by atoms with Crippen LogP contribution in [0, 0.1) is 23.7 Å². The van der Waals surface area contributed by atoms with Crippen LogP contribution in [0.4, 0.5) is 0 Å². The summed E-state index contributed by atoms with van der Waals surface area (Å²) in [6.07, 6.45) is 32.2. The summed E-state index contributed by atoms with van der Waals surface area (Å²) in [6.45, 7) is 34.4. The van der Waals surface area contributed by atoms with Crippen LogP contribution in [0.15, 0.2) is 18.7 Å². The molecule has 10 heterocycles. The number of aromatic nitrogens is 2. The van der Waals surface area contributed by atoms with Crippen molar-refractivity contribution in [3.05, 3.63) is 18.7 Å². The monoisotopic (exact) mass is 1050 g/mol. The number of hydrogen-bond acceptors (Lipinski definition) is 11. The van der Waals surface area contributed by atoms with Crippen LogP contribution in [-0.4, -0.2) is 248 Å². The van der Waals surface area contributed by atoms with E-state index in [-0.39, 0.29) is 14.9 Å². The van der Waals surface area contributed by atoms with Gasteiger partial charge in [0.15, 0.2) is 0 Å². The number of aryl methyl sites for hydroxylation is 1. The first-order valence-electron chi connectivity index (χ1n) is 30.2. The number of piperidine rings is 7. The molecule has 9 fully saturated rings. The van der Waals surface area contributed by atoms with Crippen molar-refractivity contribution in [2.75, 3.05) is 194 Å². The topological polar surface area (TPSA) is 56.2 Å². The molecule has 444 valence electrons. The van der Waals surface area contributed by atoms with Crippen molar-refractivity contribution in [1.82, 2.24) is 53.7 Å². The summed E-state index contributed by atoms with van der Waals surface area (Å²) in [6, 6.07) is 0. The third kappa shape index (κ3) is 48.0. The van der Waals surface area contributed by atoms with E-state index < -0.39 is 0 Å². The Morgan fingerprint density at radius 1 is 0.297 bits per heavy atom. The van der Waals surface area contributed by atoms with Gasteiger partial charge in [0.1, 0.15) is 0 Å². The smallest absolute Gasteiger partial charge is 0.0943 e. The summed E-state index contributed by atoms with van der Waals surface area (Å²) in [5.74, 6) is 3.91. The van der Waals surface area contributed by atoms with Crippen LogP contribution in [0.2, 0.25) is 0 Å². The summed E-state index contributed by atoms with van der Waals surface area (Å²) in [4.78, 5) is 25.2. The molecule has 9 saturated heterocycles. The first-order valence-corrected chi connectivity index (χ1v) is 30.2. The number of likely N-dealkylation sites (N-methyl/N-ethyl adjacent to an activating group) is 1. The van der Waals surface area contributed by atoms with Gasteiger partial charge in [-0.2, -0.15) is 0 Å². The lowest BCUT2D eigenvalue weighted by atomic mass is 10.00. The highest BCUT2D eigenvalue weighted by Gasteiger charge is 2.14. The van der Waals surface area contributed by atoms with E-state index in [0.29, 0.717) is 0 Å². The molecule has 1 aromatic heterocycles. The number of rotatable bonds is 0. The number of nitrogens with zero attached hydrogens (tertiary/aromatic N) is 11. The summed E-state index contributed by atoms with van der Waals surface area (Å²) < 4.78 is 6.99. The Morgan fingerprint density at radius 3 is 0.608 bits per heavy atom. The van der Waals surface area contributed by atoms with Crippen LogP contribution in [0.25, 0.3) is 0 Å². The molecule has 10 rings (SSSR count). The molecule has 0 amide bonds. The maximum Gasteiger partial charge on any atom is 0.0943 e. The first-order chi connectivity index (χ1) is 34.5. The lowest BCUT2D eigenvalue weighted by molar-refractivity contribution is 0.0503. The molecule has 74 heavy (non-hydrogen) atoms. The van der Waals surface area contributed by atoms with Crippen LogP contribution in [0.1, 0.15) is 165 Å². The summed E-state index contributed by atoms with van der Waals surface area (Å²) in [5.41, 5.74) is 0. The molecule has 1 aromatic rings. The fourth-order valence-corrected chi connectivity index (χ4v) is 9.56. The van der Waals surface area contributed by atoms with Gasteiger partial charge in [-0.25, -0.2) is 4.98 Å². The second-order valence-corrected chi connectivity index (χ2v) is 24.2. The van der Waals surface area contributed by atoms with Crippen molar-refractivity contribution in [3.8, 4) is 0 Å². The van der Waals surface area contributed by atoms with Crippen LogP contribution < -0.4 is 0 Å². The predicted octanol–water partition coefficient (Wildman–Crippen LogP) is 11.1. The molecule has 12 heteroatoms. The summed E-state index contributed by atoms with van der Waals surface area (Å²) in [7, 11) is 21.6. The Hall–Kier alpha value is -1.19. The maximum atomic E-state index is 5.10. The lowest BCUT2D eigenvalue weighted by Crippen LogP contribution is -2.32. The van der Waals surface area contributed by atoms with E-state index in [1.54, 1.807) is 12.5 Å². The SMILES string of the molecule is C.C.CC1CCN(C)CC1.CC1CCN(C)CC1.CC1CCN(C)CC1.CC1CCN(C)CC1.CN1CCCC1.CN1CCCCC1.CN1CCCCC1.CN1CCCCC1.CN1CCOCC1.Cn1ccnc1. The Kier molecular flexibility index (Phi) is 50.7. The van der Waals surface area contributed by atoms with Crippen molar-refractivity contribution in [2.24, 2.45) is 30.7 Å². The molecule has 9 aliphatic rings. The second-order valence-electron chi connectivity index (χ2n) is 24.2. The molecule has 0 spiro atoms. The van der Waals surface area contributed by atoms with Gasteiger partial charge >= 0.3 is 0 Å². The molecular weight excluding hydrogens is 915 g/mol. The Bertz CT molecular complexity index is 1030. The van der Waals surface area contributed by atoms with Gasteiger partial charge in [-0.15, -0.1) is 0 Å². The molecule has 0 aromatic carbocycles. The number of ether oxygens (including phenoxy) is 1. The van der Waals surface area contributed by atoms with E-state index in [2.05, 4.69) is 140 Å². The van der Waals surface area contributed by atoms with Gasteiger partial charge in [-0.05, 0) is 295 Å². The number of morpholine rings is 1. The Morgan fingerprint density at radius 2 is 0.500 bits per heavy atom. The summed E-state index contributed by atoms with van der Waals surface area (Å²) in [5, 5.41) is 0. The standard InChI is InChI=1S/4C7H15N.3C6H13N.C5H11NO.C5H11N.C4H6N2.2CH4/c4*1-7-3-5-8(2)6-4-7;3*1-7-5-3-2-4-6-7;1-6-2-4-7-5-3-6;1-6-4-2-3-5-6;1-6-3-2-5-4-6;;/h4*7H,3-6H2,1-2H3;3*2-6H2,1H3;2-5H2,1H3;2-5H2,1H3;2-4H,1H3;2*1H4. The normalized spacial score (nSPS) is 23.7. The van der Waals surface area contributed by atoms with Gasteiger partial charge in [0.2, 0.25) is 0 Å². The highest BCUT2D eigenvalue weighted by molar-refractivity contribution is 4.71. The Labute approximate surface area is 465 Å². The average Bonchev–Trinajstić information content (AvgIpc) is 4.09. The number of hydrogen-bond donors (Lipinski definition) is 0. The molecular formula is C62H135N11O. The maximum absolute atomic E-state index is 5.10. The minimum Gasteiger partial charge on any atom is -0.379 e. The van der Waals surface area contributed by atoms with E-state index in [1.165, 1.54) is 227 Å². The van der Waals surface area contributed by atoms with Crippen LogP contribution in [0.5, 0.6) is 0 Å². The van der Waals surface area contributed by atoms with Crippen LogP contribution >= 0.6 is 0 Å². The largest absolute Gasteiger partial charge is 0.379 e. The second kappa shape index (κ2) is 50.1. The van der Waals surface area contributed by atoms with Gasteiger partial charge in [-0.3, -0.25) is 0 Å². The molecule has 0 N–H and O–H groups in total. The van der Waals surface area contributed by atoms with E-state index in [9.17, 15) is 0 Å². The van der Waals surface area contributed by atoms with Gasteiger partial charge in [0.05, 0.1) is 19.5 Å². The minimum atomic E-state index is 0. The molecule has 0 aliphatic carbocycles. The van der Waals surface area contributed by atoms with E-state index >= 15 is 0 Å². The molecule has 0 radical (unpaired) electrons. The zero-order chi connectivity index (χ0) is 53.2. The lowest BCUT2D eigenvalue weighted by Gasteiger charge is -2.26. The van der Waals surface area contributed by atoms with Gasteiger partial charge in [-0.1, -0.05) is 61.8 Å². The van der Waals surface area contributed by atoms with E-state index in [4.69, 9.17) is 4.74 Å². The fraction of sp³-hybridized carbons (Fsp3) is 0.952. The minimum absolute atomic E-state index is 0. The highest BCUT2D eigenvalue weighted by Crippen LogP contribution is 2.16. The van der Waals surface area contributed by atoms with Gasteiger partial charge < -0.3 is 53.4 Å². The van der Waals surface area contributed by atoms with Gasteiger partial charge in [0.25, 0.3) is 0 Å². The predicted molar refractivity (Wildman–Crippen MR) is 329 cm³/mol. The van der Waals surface area contributed by atoms with Gasteiger partial charge in [0, 0.05) is 32.5 Å². The van der Waals surface area contributed by atoms with E-state index in [1.807, 2.05) is 17.8 Å². The number of likely N-dealkylation sites (tertiary alicyclic amines) is 8. The van der Waals surface area contributed by atoms with Crippen LogP contribution in [-0.2, 0) is 11.8 Å². The zero-order valence-corrected chi connectivity index (χ0v) is 50.9. The molecule has 9 aliphatic heterocycles. The Balaban J connectivity index is 0. The molecule has 0 bridgehead atoms. The average molecular weight is 1050 g/mol. The summed E-state index contributed by atoms with van der Waals surface area (Å²) >= 11 is 0. The van der Waals surface area contributed by atoms with Crippen molar-refractivity contribution in [2.45, 2.75) is 165 Å². The third-order valence-corrected chi connectivity index (χ3v) is 16.0. The van der Waals surface area contributed by atoms with Crippen molar-refractivity contribution in [1.29, 1.82) is 0 Å². The fourth-order valence-electron chi connectivity index (χ4n) is 9.56. The quantitative estimate of drug-likeness (QED) is 0.250. The molecule has 12 nitrogen and oxygen atoms in total. The first kappa shape index (κ1) is 74.9.